The van der Waals surface area contributed by atoms with E-state index in [1.165, 1.54) is 0 Å². The number of terminal acetylenes is 1. The predicted molar refractivity (Wildman–Crippen MR) is 55.2 cm³/mol. The Hall–Kier alpha value is -1.13. The van der Waals surface area contributed by atoms with Crippen LogP contribution in [0.15, 0.2) is 18.2 Å². The van der Waals surface area contributed by atoms with E-state index in [1.807, 2.05) is 13.8 Å². The number of rotatable bonds is 2. The van der Waals surface area contributed by atoms with Crippen LogP contribution in [-0.2, 0) is 0 Å². The molecule has 0 heterocycles. The quantitative estimate of drug-likeness (QED) is 0.658. The molecule has 0 spiro atoms. The molecule has 1 aromatic rings. The highest BCUT2D eigenvalue weighted by Gasteiger charge is 2.03. The van der Waals surface area contributed by atoms with Crippen LogP contribution in [0.2, 0.25) is 5.02 Å². The number of hydrogen-bond donors (Lipinski definition) is 0. The smallest absolute Gasteiger partial charge is 0.135 e. The molecule has 0 amide bonds. The highest BCUT2D eigenvalue weighted by atomic mass is 35.5. The van der Waals surface area contributed by atoms with Gasteiger partial charge in [0.2, 0.25) is 0 Å². The average molecular weight is 195 g/mol. The van der Waals surface area contributed by atoms with Gasteiger partial charge in [-0.15, -0.1) is 6.42 Å². The largest absolute Gasteiger partial charge is 0.490 e. The van der Waals surface area contributed by atoms with Crippen LogP contribution >= 0.6 is 11.6 Å². The van der Waals surface area contributed by atoms with Gasteiger partial charge >= 0.3 is 0 Å². The van der Waals surface area contributed by atoms with Crippen molar-refractivity contribution in [2.24, 2.45) is 0 Å². The van der Waals surface area contributed by atoms with Crippen molar-refractivity contribution >= 4 is 11.6 Å². The highest BCUT2D eigenvalue weighted by molar-refractivity contribution is 6.30. The molecule has 2 heteroatoms. The molecule has 0 saturated heterocycles. The topological polar surface area (TPSA) is 9.23 Å². The third-order valence-electron chi connectivity index (χ3n) is 1.46. The Bertz CT molecular complexity index is 336. The molecule has 68 valence electrons. The second kappa shape index (κ2) is 4.20. The average Bonchev–Trinajstić information content (AvgIpc) is 2.07. The zero-order valence-corrected chi connectivity index (χ0v) is 8.43. The van der Waals surface area contributed by atoms with Crippen molar-refractivity contribution in [1.82, 2.24) is 0 Å². The molecule has 0 saturated carbocycles. The predicted octanol–water partition coefficient (Wildman–Crippen LogP) is 3.11. The van der Waals surface area contributed by atoms with Gasteiger partial charge in [-0.2, -0.15) is 0 Å². The van der Waals surface area contributed by atoms with Crippen LogP contribution in [0.1, 0.15) is 19.4 Å². The van der Waals surface area contributed by atoms with Gasteiger partial charge in [0.05, 0.1) is 11.7 Å². The van der Waals surface area contributed by atoms with E-state index in [4.69, 9.17) is 22.8 Å². The van der Waals surface area contributed by atoms with E-state index in [0.717, 1.165) is 0 Å². The Morgan fingerprint density at radius 3 is 2.69 bits per heavy atom. The molecule has 1 aromatic carbocycles. The van der Waals surface area contributed by atoms with Crippen LogP contribution in [0.25, 0.3) is 0 Å². The van der Waals surface area contributed by atoms with Crippen molar-refractivity contribution in [1.29, 1.82) is 0 Å². The fraction of sp³-hybridized carbons (Fsp3) is 0.273. The number of benzene rings is 1. The minimum Gasteiger partial charge on any atom is -0.490 e. The van der Waals surface area contributed by atoms with E-state index in [0.29, 0.717) is 16.3 Å². The number of halogens is 1. The van der Waals surface area contributed by atoms with E-state index in [2.05, 4.69) is 5.92 Å². The van der Waals surface area contributed by atoms with Gasteiger partial charge in [0.25, 0.3) is 0 Å². The summed E-state index contributed by atoms with van der Waals surface area (Å²) >= 11 is 5.78. The van der Waals surface area contributed by atoms with Gasteiger partial charge in [0.1, 0.15) is 5.75 Å². The summed E-state index contributed by atoms with van der Waals surface area (Å²) in [6.07, 6.45) is 5.43. The van der Waals surface area contributed by atoms with Crippen molar-refractivity contribution in [3.8, 4) is 18.1 Å². The first-order valence-corrected chi connectivity index (χ1v) is 4.44. The van der Waals surface area contributed by atoms with Crippen molar-refractivity contribution in [3.05, 3.63) is 28.8 Å². The van der Waals surface area contributed by atoms with Crippen LogP contribution in [0, 0.1) is 12.3 Å². The second-order valence-electron chi connectivity index (χ2n) is 2.95. The summed E-state index contributed by atoms with van der Waals surface area (Å²) in [4.78, 5) is 0. The summed E-state index contributed by atoms with van der Waals surface area (Å²) in [6, 6.07) is 5.27. The molecule has 0 bridgehead atoms. The summed E-state index contributed by atoms with van der Waals surface area (Å²) in [5, 5.41) is 0.629. The molecule has 0 fully saturated rings. The Balaban J connectivity index is 3.01. The molecule has 1 rings (SSSR count). The van der Waals surface area contributed by atoms with E-state index in [1.54, 1.807) is 18.2 Å². The van der Waals surface area contributed by atoms with Gasteiger partial charge < -0.3 is 4.74 Å². The molecular weight excluding hydrogens is 184 g/mol. The second-order valence-corrected chi connectivity index (χ2v) is 3.39. The van der Waals surface area contributed by atoms with Crippen molar-refractivity contribution in [2.75, 3.05) is 0 Å². The fourth-order valence-electron chi connectivity index (χ4n) is 0.972. The fourth-order valence-corrected chi connectivity index (χ4v) is 1.14. The third kappa shape index (κ3) is 2.68. The molecule has 0 unspecified atom stereocenters. The summed E-state index contributed by atoms with van der Waals surface area (Å²) in [7, 11) is 0. The standard InChI is InChI=1S/C11H11ClO/c1-4-9-7-10(12)5-6-11(9)13-8(2)3/h1,5-8H,2-3H3. The van der Waals surface area contributed by atoms with Gasteiger partial charge in [0, 0.05) is 5.02 Å². The minimum atomic E-state index is 0.119. The summed E-state index contributed by atoms with van der Waals surface area (Å²) in [6.45, 7) is 3.91. The lowest BCUT2D eigenvalue weighted by Gasteiger charge is -2.11. The summed E-state index contributed by atoms with van der Waals surface area (Å²) in [5.74, 6) is 3.24. The zero-order valence-electron chi connectivity index (χ0n) is 7.67. The van der Waals surface area contributed by atoms with Crippen LogP contribution in [0.5, 0.6) is 5.75 Å². The van der Waals surface area contributed by atoms with E-state index in [-0.39, 0.29) is 6.10 Å². The Labute approximate surface area is 83.7 Å². The van der Waals surface area contributed by atoms with Gasteiger partial charge in [-0.3, -0.25) is 0 Å². The van der Waals surface area contributed by atoms with Crippen LogP contribution in [-0.4, -0.2) is 6.10 Å². The van der Waals surface area contributed by atoms with E-state index < -0.39 is 0 Å². The van der Waals surface area contributed by atoms with Crippen LogP contribution in [0.4, 0.5) is 0 Å². The minimum absolute atomic E-state index is 0.119. The maximum atomic E-state index is 5.78. The first kappa shape index (κ1) is 9.95. The molecule has 13 heavy (non-hydrogen) atoms. The number of ether oxygens (including phenoxy) is 1. The molecule has 0 aliphatic heterocycles. The normalized spacial score (nSPS) is 9.77. The monoisotopic (exact) mass is 194 g/mol. The van der Waals surface area contributed by atoms with Gasteiger partial charge in [-0.25, -0.2) is 0 Å². The lowest BCUT2D eigenvalue weighted by molar-refractivity contribution is 0.242. The molecule has 0 aliphatic carbocycles. The van der Waals surface area contributed by atoms with Gasteiger partial charge in [-0.05, 0) is 32.0 Å². The van der Waals surface area contributed by atoms with Gasteiger partial charge in [0.15, 0.2) is 0 Å². The molecule has 0 radical (unpaired) electrons. The highest BCUT2D eigenvalue weighted by Crippen LogP contribution is 2.22. The molecule has 0 N–H and O–H groups in total. The first-order chi connectivity index (χ1) is 6.13. The molecule has 0 aliphatic rings. The lowest BCUT2D eigenvalue weighted by atomic mass is 10.2. The summed E-state index contributed by atoms with van der Waals surface area (Å²) < 4.78 is 5.49. The lowest BCUT2D eigenvalue weighted by Crippen LogP contribution is -2.06. The van der Waals surface area contributed by atoms with E-state index in [9.17, 15) is 0 Å². The van der Waals surface area contributed by atoms with Gasteiger partial charge in [-0.1, -0.05) is 17.5 Å². The third-order valence-corrected chi connectivity index (χ3v) is 1.69. The Kier molecular flexibility index (Phi) is 3.22. The van der Waals surface area contributed by atoms with Crippen molar-refractivity contribution in [3.63, 3.8) is 0 Å². The first-order valence-electron chi connectivity index (χ1n) is 4.06. The molecule has 1 nitrogen and oxygen atoms in total. The van der Waals surface area contributed by atoms with Crippen molar-refractivity contribution in [2.45, 2.75) is 20.0 Å². The molecular formula is C11H11ClO. The molecule has 0 aromatic heterocycles. The Morgan fingerprint density at radius 2 is 2.15 bits per heavy atom. The maximum absolute atomic E-state index is 5.78. The SMILES string of the molecule is C#Cc1cc(Cl)ccc1OC(C)C. The maximum Gasteiger partial charge on any atom is 0.135 e. The van der Waals surface area contributed by atoms with Crippen LogP contribution in [0.3, 0.4) is 0 Å². The number of hydrogen-bond acceptors (Lipinski definition) is 1. The van der Waals surface area contributed by atoms with Crippen LogP contribution < -0.4 is 4.74 Å². The summed E-state index contributed by atoms with van der Waals surface area (Å²) in [5.41, 5.74) is 0.696. The zero-order chi connectivity index (χ0) is 9.84. The Morgan fingerprint density at radius 1 is 1.46 bits per heavy atom. The van der Waals surface area contributed by atoms with E-state index >= 15 is 0 Å². The molecule has 0 atom stereocenters. The van der Waals surface area contributed by atoms with Crippen molar-refractivity contribution < 1.29 is 4.74 Å².